The van der Waals surface area contributed by atoms with Crippen LogP contribution in [0.5, 0.6) is 0 Å². The number of anilines is 1. The highest BCUT2D eigenvalue weighted by Gasteiger charge is 2.27. The molecule has 1 aliphatic rings. The number of nitrogens with one attached hydrogen (secondary N) is 2. The van der Waals surface area contributed by atoms with E-state index in [-0.39, 0.29) is 11.8 Å². The van der Waals surface area contributed by atoms with E-state index in [4.69, 9.17) is 0 Å². The molecule has 1 aliphatic heterocycles. The molecule has 5 heteroatoms. The molecular formula is C15H18N4O. The number of hydrogen-bond acceptors (Lipinski definition) is 3. The Bertz CT molecular complexity index is 620. The van der Waals surface area contributed by atoms with E-state index in [1.807, 2.05) is 48.3 Å². The first-order chi connectivity index (χ1) is 9.74. The fourth-order valence-electron chi connectivity index (χ4n) is 2.52. The van der Waals surface area contributed by atoms with Gasteiger partial charge in [-0.2, -0.15) is 5.10 Å². The highest BCUT2D eigenvalue weighted by molar-refractivity contribution is 5.88. The van der Waals surface area contributed by atoms with Crippen molar-refractivity contribution in [1.82, 2.24) is 15.1 Å². The Labute approximate surface area is 118 Å². The zero-order valence-electron chi connectivity index (χ0n) is 11.5. The smallest absolute Gasteiger partial charge is 0.229 e. The SMILES string of the molecule is Cc1cnn(CCNC(=O)C2CNc3ccccc32)c1. The largest absolute Gasteiger partial charge is 0.384 e. The molecule has 20 heavy (non-hydrogen) atoms. The van der Waals surface area contributed by atoms with Crippen LogP contribution in [-0.4, -0.2) is 28.8 Å². The number of benzene rings is 1. The number of carbonyl (C=O) groups is 1. The Morgan fingerprint density at radius 1 is 1.50 bits per heavy atom. The standard InChI is InChI=1S/C15H18N4O/c1-11-8-18-19(10-11)7-6-16-15(20)13-9-17-14-5-3-2-4-12(13)14/h2-5,8,10,13,17H,6-7,9H2,1H3,(H,16,20). The fourth-order valence-corrected chi connectivity index (χ4v) is 2.52. The Hall–Kier alpha value is -2.30. The van der Waals surface area contributed by atoms with E-state index in [0.717, 1.165) is 16.8 Å². The molecule has 0 spiro atoms. The van der Waals surface area contributed by atoms with Crippen LogP contribution < -0.4 is 10.6 Å². The maximum atomic E-state index is 12.2. The van der Waals surface area contributed by atoms with Crippen molar-refractivity contribution >= 4 is 11.6 Å². The molecule has 1 atom stereocenters. The average molecular weight is 270 g/mol. The van der Waals surface area contributed by atoms with E-state index >= 15 is 0 Å². The minimum atomic E-state index is -0.0921. The van der Waals surface area contributed by atoms with Crippen molar-refractivity contribution < 1.29 is 4.79 Å². The molecule has 2 heterocycles. The van der Waals surface area contributed by atoms with Gasteiger partial charge in [-0.25, -0.2) is 0 Å². The Morgan fingerprint density at radius 2 is 2.35 bits per heavy atom. The highest BCUT2D eigenvalue weighted by Crippen LogP contribution is 2.30. The van der Waals surface area contributed by atoms with Gasteiger partial charge in [0.1, 0.15) is 0 Å². The number of hydrogen-bond donors (Lipinski definition) is 2. The van der Waals surface area contributed by atoms with E-state index in [0.29, 0.717) is 19.6 Å². The molecule has 3 rings (SSSR count). The van der Waals surface area contributed by atoms with Crippen LogP contribution in [0.15, 0.2) is 36.7 Å². The summed E-state index contributed by atoms with van der Waals surface area (Å²) in [5.74, 6) is -0.0168. The second kappa shape index (κ2) is 5.36. The van der Waals surface area contributed by atoms with Crippen LogP contribution in [0.25, 0.3) is 0 Å². The quantitative estimate of drug-likeness (QED) is 0.885. The van der Waals surface area contributed by atoms with Gasteiger partial charge in [0.25, 0.3) is 0 Å². The first-order valence-corrected chi connectivity index (χ1v) is 6.83. The van der Waals surface area contributed by atoms with Crippen LogP contribution >= 0.6 is 0 Å². The van der Waals surface area contributed by atoms with Gasteiger partial charge in [0.2, 0.25) is 5.91 Å². The molecule has 5 nitrogen and oxygen atoms in total. The summed E-state index contributed by atoms with van der Waals surface area (Å²) in [6, 6.07) is 7.97. The molecule has 104 valence electrons. The summed E-state index contributed by atoms with van der Waals surface area (Å²) < 4.78 is 1.84. The first-order valence-electron chi connectivity index (χ1n) is 6.83. The average Bonchev–Trinajstić information content (AvgIpc) is 3.05. The molecule has 2 N–H and O–H groups in total. The lowest BCUT2D eigenvalue weighted by Crippen LogP contribution is -2.32. The van der Waals surface area contributed by atoms with Gasteiger partial charge >= 0.3 is 0 Å². The van der Waals surface area contributed by atoms with Crippen LogP contribution in [-0.2, 0) is 11.3 Å². The zero-order chi connectivity index (χ0) is 13.9. The summed E-state index contributed by atoms with van der Waals surface area (Å²) in [6.07, 6.45) is 3.79. The minimum Gasteiger partial charge on any atom is -0.384 e. The predicted molar refractivity (Wildman–Crippen MR) is 77.6 cm³/mol. The van der Waals surface area contributed by atoms with Crippen molar-refractivity contribution in [1.29, 1.82) is 0 Å². The van der Waals surface area contributed by atoms with Crippen LogP contribution in [0.4, 0.5) is 5.69 Å². The number of nitrogens with zero attached hydrogens (tertiary/aromatic N) is 2. The number of rotatable bonds is 4. The van der Waals surface area contributed by atoms with E-state index in [9.17, 15) is 4.79 Å². The molecular weight excluding hydrogens is 252 g/mol. The maximum Gasteiger partial charge on any atom is 0.229 e. The van der Waals surface area contributed by atoms with E-state index in [2.05, 4.69) is 15.7 Å². The zero-order valence-corrected chi connectivity index (χ0v) is 11.5. The third-order valence-corrected chi connectivity index (χ3v) is 3.55. The lowest BCUT2D eigenvalue weighted by atomic mass is 10.0. The molecule has 2 aromatic rings. The molecule has 0 saturated heterocycles. The third kappa shape index (κ3) is 2.52. The van der Waals surface area contributed by atoms with E-state index in [1.165, 1.54) is 0 Å². The van der Waals surface area contributed by atoms with Gasteiger partial charge < -0.3 is 10.6 Å². The first kappa shape index (κ1) is 12.7. The topological polar surface area (TPSA) is 59.0 Å². The Morgan fingerprint density at radius 3 is 3.15 bits per heavy atom. The number of carbonyl (C=O) groups excluding carboxylic acids is 1. The molecule has 0 aliphatic carbocycles. The predicted octanol–water partition coefficient (Wildman–Crippen LogP) is 1.52. The summed E-state index contributed by atoms with van der Waals surface area (Å²) >= 11 is 0. The summed E-state index contributed by atoms with van der Waals surface area (Å²) in [5, 5.41) is 10.4. The van der Waals surface area contributed by atoms with Crippen LogP contribution in [0.3, 0.4) is 0 Å². The normalized spacial score (nSPS) is 16.6. The van der Waals surface area contributed by atoms with Crippen molar-refractivity contribution in [3.8, 4) is 0 Å². The fraction of sp³-hybridized carbons (Fsp3) is 0.333. The molecule has 0 fully saturated rings. The second-order valence-electron chi connectivity index (χ2n) is 5.09. The van der Waals surface area contributed by atoms with Gasteiger partial charge in [-0.1, -0.05) is 18.2 Å². The molecule has 1 aromatic heterocycles. The van der Waals surface area contributed by atoms with E-state index < -0.39 is 0 Å². The Kier molecular flexibility index (Phi) is 3.41. The van der Waals surface area contributed by atoms with Crippen molar-refractivity contribution in [2.75, 3.05) is 18.4 Å². The van der Waals surface area contributed by atoms with Crippen molar-refractivity contribution in [2.45, 2.75) is 19.4 Å². The van der Waals surface area contributed by atoms with Gasteiger partial charge in [0.15, 0.2) is 0 Å². The van der Waals surface area contributed by atoms with Crippen LogP contribution in [0.2, 0.25) is 0 Å². The minimum absolute atomic E-state index is 0.0753. The van der Waals surface area contributed by atoms with Gasteiger partial charge in [0, 0.05) is 25.0 Å². The van der Waals surface area contributed by atoms with Crippen molar-refractivity contribution in [2.24, 2.45) is 0 Å². The number of aromatic nitrogens is 2. The lowest BCUT2D eigenvalue weighted by Gasteiger charge is -2.11. The Balaban J connectivity index is 1.55. The van der Waals surface area contributed by atoms with Gasteiger partial charge in [-0.05, 0) is 24.1 Å². The van der Waals surface area contributed by atoms with Gasteiger partial charge in [0.05, 0.1) is 18.7 Å². The third-order valence-electron chi connectivity index (χ3n) is 3.55. The van der Waals surface area contributed by atoms with Crippen LogP contribution in [0, 0.1) is 6.92 Å². The number of amides is 1. The number of para-hydroxylation sites is 1. The number of fused-ring (bicyclic) bond motifs is 1. The molecule has 0 bridgehead atoms. The summed E-state index contributed by atoms with van der Waals surface area (Å²) in [6.45, 7) is 3.97. The molecule has 1 aromatic carbocycles. The van der Waals surface area contributed by atoms with Crippen molar-refractivity contribution in [3.05, 3.63) is 47.8 Å². The second-order valence-corrected chi connectivity index (χ2v) is 5.09. The van der Waals surface area contributed by atoms with Crippen LogP contribution in [0.1, 0.15) is 17.0 Å². The number of aryl methyl sites for hydroxylation is 1. The molecule has 0 radical (unpaired) electrons. The molecule has 1 unspecified atom stereocenters. The van der Waals surface area contributed by atoms with Gasteiger partial charge in [-0.3, -0.25) is 9.48 Å². The summed E-state index contributed by atoms with van der Waals surface area (Å²) in [5.41, 5.74) is 3.28. The van der Waals surface area contributed by atoms with Crippen molar-refractivity contribution in [3.63, 3.8) is 0 Å². The lowest BCUT2D eigenvalue weighted by molar-refractivity contribution is -0.122. The molecule has 0 saturated carbocycles. The summed E-state index contributed by atoms with van der Waals surface area (Å²) in [7, 11) is 0. The molecule has 1 amide bonds. The highest BCUT2D eigenvalue weighted by atomic mass is 16.1. The van der Waals surface area contributed by atoms with E-state index in [1.54, 1.807) is 0 Å². The van der Waals surface area contributed by atoms with Gasteiger partial charge in [-0.15, -0.1) is 0 Å². The monoisotopic (exact) mass is 270 g/mol. The maximum absolute atomic E-state index is 12.2. The summed E-state index contributed by atoms with van der Waals surface area (Å²) in [4.78, 5) is 12.2.